The minimum absolute atomic E-state index is 0.00843. The van der Waals surface area contributed by atoms with Crippen molar-refractivity contribution in [2.24, 2.45) is 0 Å². The van der Waals surface area contributed by atoms with Crippen LogP contribution in [0, 0.1) is 6.92 Å². The molecule has 4 nitrogen and oxygen atoms in total. The van der Waals surface area contributed by atoms with E-state index in [1.807, 2.05) is 24.4 Å². The molecule has 2 rings (SSSR count). The largest absolute Gasteiger partial charge is 0.494 e. The van der Waals surface area contributed by atoms with E-state index in [1.54, 1.807) is 12.1 Å². The molecule has 2 aromatic carbocycles. The molecule has 0 aliphatic carbocycles. The number of carbonyl (C=O) groups is 1. The Balaban J connectivity index is 1.88. The van der Waals surface area contributed by atoms with E-state index in [0.717, 1.165) is 5.56 Å². The standard InChI is InChI=1S/C19H18F6N2O2/c1-12-3-5-16(6-4-12)29-8-2-7-26-17(28)27-15-10-13(18(20,21)22)9-14(11-15)19(23,24)25/h3-6,9-11H,2,7-8H2,1H3,(H2,26,27,28). The van der Waals surface area contributed by atoms with Crippen molar-refractivity contribution in [2.75, 3.05) is 18.5 Å². The van der Waals surface area contributed by atoms with Gasteiger partial charge in [-0.05, 0) is 43.7 Å². The summed E-state index contributed by atoms with van der Waals surface area (Å²) < 4.78 is 82.3. The Kier molecular flexibility index (Phi) is 6.99. The number of hydrogen-bond acceptors (Lipinski definition) is 2. The van der Waals surface area contributed by atoms with Gasteiger partial charge < -0.3 is 15.4 Å². The van der Waals surface area contributed by atoms with E-state index in [0.29, 0.717) is 24.3 Å². The lowest BCUT2D eigenvalue weighted by Gasteiger charge is -2.15. The van der Waals surface area contributed by atoms with Crippen molar-refractivity contribution in [3.05, 3.63) is 59.2 Å². The zero-order valence-electron chi connectivity index (χ0n) is 15.2. The van der Waals surface area contributed by atoms with E-state index in [9.17, 15) is 31.1 Å². The smallest absolute Gasteiger partial charge is 0.416 e. The molecule has 0 aromatic heterocycles. The highest BCUT2D eigenvalue weighted by molar-refractivity contribution is 5.89. The average molecular weight is 420 g/mol. The number of carbonyl (C=O) groups excluding carboxylic acids is 1. The van der Waals surface area contributed by atoms with Crippen LogP contribution in [0.2, 0.25) is 0 Å². The topological polar surface area (TPSA) is 50.4 Å². The molecule has 10 heteroatoms. The molecule has 0 radical (unpaired) electrons. The van der Waals surface area contributed by atoms with Crippen LogP contribution in [0.4, 0.5) is 36.8 Å². The zero-order chi connectivity index (χ0) is 21.7. The third-order valence-corrected chi connectivity index (χ3v) is 3.74. The Bertz CT molecular complexity index is 800. The van der Waals surface area contributed by atoms with Gasteiger partial charge in [-0.2, -0.15) is 26.3 Å². The van der Waals surface area contributed by atoms with E-state index in [4.69, 9.17) is 4.74 Å². The molecular weight excluding hydrogens is 402 g/mol. The number of anilines is 1. The van der Waals surface area contributed by atoms with Crippen LogP contribution in [-0.4, -0.2) is 19.2 Å². The SMILES string of the molecule is Cc1ccc(OCCCNC(=O)Nc2cc(C(F)(F)F)cc(C(F)(F)F)c2)cc1. The number of hydrogen-bond donors (Lipinski definition) is 2. The summed E-state index contributed by atoms with van der Waals surface area (Å²) in [5.41, 5.74) is -2.55. The lowest BCUT2D eigenvalue weighted by Crippen LogP contribution is -2.30. The fourth-order valence-electron chi connectivity index (χ4n) is 2.30. The van der Waals surface area contributed by atoms with Gasteiger partial charge in [-0.15, -0.1) is 0 Å². The van der Waals surface area contributed by atoms with Crippen LogP contribution >= 0.6 is 0 Å². The minimum Gasteiger partial charge on any atom is -0.494 e. The Morgan fingerprint density at radius 3 is 2.00 bits per heavy atom. The lowest BCUT2D eigenvalue weighted by atomic mass is 10.1. The number of aryl methyl sites for hydroxylation is 1. The van der Waals surface area contributed by atoms with Gasteiger partial charge in [0.15, 0.2) is 0 Å². The highest BCUT2D eigenvalue weighted by Crippen LogP contribution is 2.37. The van der Waals surface area contributed by atoms with Crippen LogP contribution in [0.1, 0.15) is 23.1 Å². The monoisotopic (exact) mass is 420 g/mol. The second-order valence-electron chi connectivity index (χ2n) is 6.19. The molecule has 0 heterocycles. The first kappa shape index (κ1) is 22.4. The van der Waals surface area contributed by atoms with Crippen molar-refractivity contribution >= 4 is 11.7 Å². The first-order chi connectivity index (χ1) is 13.4. The molecule has 0 spiro atoms. The van der Waals surface area contributed by atoms with Crippen LogP contribution in [0.3, 0.4) is 0 Å². The summed E-state index contributed by atoms with van der Waals surface area (Å²) in [4.78, 5) is 11.8. The van der Waals surface area contributed by atoms with Crippen molar-refractivity contribution in [3.63, 3.8) is 0 Å². The number of rotatable bonds is 6. The van der Waals surface area contributed by atoms with Crippen molar-refractivity contribution < 1.29 is 35.9 Å². The Hall–Kier alpha value is -2.91. The summed E-state index contributed by atoms with van der Waals surface area (Å²) in [5, 5.41) is 4.34. The number of halogens is 6. The van der Waals surface area contributed by atoms with Gasteiger partial charge in [0.2, 0.25) is 0 Å². The Morgan fingerprint density at radius 2 is 1.48 bits per heavy atom. The molecule has 0 saturated carbocycles. The maximum absolute atomic E-state index is 12.8. The Morgan fingerprint density at radius 1 is 0.931 bits per heavy atom. The van der Waals surface area contributed by atoms with E-state index in [2.05, 4.69) is 5.32 Å². The normalized spacial score (nSPS) is 11.8. The van der Waals surface area contributed by atoms with Gasteiger partial charge in [0.25, 0.3) is 0 Å². The zero-order valence-corrected chi connectivity index (χ0v) is 15.2. The summed E-state index contributed by atoms with van der Waals surface area (Å²) in [6.07, 6.45) is -9.58. The molecule has 29 heavy (non-hydrogen) atoms. The van der Waals surface area contributed by atoms with Gasteiger partial charge >= 0.3 is 18.4 Å². The second kappa shape index (κ2) is 9.06. The molecule has 0 unspecified atom stereocenters. The number of ether oxygens (including phenoxy) is 1. The number of alkyl halides is 6. The van der Waals surface area contributed by atoms with E-state index < -0.39 is 35.2 Å². The number of benzene rings is 2. The lowest BCUT2D eigenvalue weighted by molar-refractivity contribution is -0.143. The molecule has 0 aliphatic rings. The molecular formula is C19H18F6N2O2. The first-order valence-corrected chi connectivity index (χ1v) is 8.49. The molecule has 2 amide bonds. The maximum atomic E-state index is 12.8. The maximum Gasteiger partial charge on any atom is 0.416 e. The van der Waals surface area contributed by atoms with Gasteiger partial charge in [0.05, 0.1) is 17.7 Å². The molecule has 2 aromatic rings. The number of nitrogens with one attached hydrogen (secondary N) is 2. The fourth-order valence-corrected chi connectivity index (χ4v) is 2.30. The van der Waals surface area contributed by atoms with Gasteiger partial charge in [-0.25, -0.2) is 4.79 Å². The van der Waals surface area contributed by atoms with Crippen LogP contribution in [-0.2, 0) is 12.4 Å². The van der Waals surface area contributed by atoms with Crippen molar-refractivity contribution in [2.45, 2.75) is 25.7 Å². The molecule has 0 fully saturated rings. The summed E-state index contributed by atoms with van der Waals surface area (Å²) in [7, 11) is 0. The summed E-state index contributed by atoms with van der Waals surface area (Å²) in [5.74, 6) is 0.642. The third-order valence-electron chi connectivity index (χ3n) is 3.74. The van der Waals surface area contributed by atoms with Crippen molar-refractivity contribution in [1.82, 2.24) is 5.32 Å². The van der Waals surface area contributed by atoms with Gasteiger partial charge in [-0.1, -0.05) is 17.7 Å². The quantitative estimate of drug-likeness (QED) is 0.471. The third kappa shape index (κ3) is 7.20. The first-order valence-electron chi connectivity index (χ1n) is 8.49. The van der Waals surface area contributed by atoms with Crippen molar-refractivity contribution in [3.8, 4) is 5.75 Å². The van der Waals surface area contributed by atoms with Gasteiger partial charge in [-0.3, -0.25) is 0 Å². The molecule has 0 saturated heterocycles. The average Bonchev–Trinajstić information content (AvgIpc) is 2.61. The fraction of sp³-hybridized carbons (Fsp3) is 0.316. The minimum atomic E-state index is -4.98. The van der Waals surface area contributed by atoms with Crippen LogP contribution in [0.5, 0.6) is 5.75 Å². The molecule has 0 aliphatic heterocycles. The highest BCUT2D eigenvalue weighted by atomic mass is 19.4. The van der Waals surface area contributed by atoms with E-state index >= 15 is 0 Å². The van der Waals surface area contributed by atoms with Crippen LogP contribution in [0.25, 0.3) is 0 Å². The Labute approximate surface area is 162 Å². The van der Waals surface area contributed by atoms with Gasteiger partial charge in [0.1, 0.15) is 5.75 Å². The predicted octanol–water partition coefficient (Wildman–Crippen LogP) is 5.62. The molecule has 0 bridgehead atoms. The number of amides is 2. The molecule has 158 valence electrons. The van der Waals surface area contributed by atoms with Gasteiger partial charge in [0, 0.05) is 12.2 Å². The predicted molar refractivity (Wildman–Crippen MR) is 94.8 cm³/mol. The molecule has 0 atom stereocenters. The number of urea groups is 1. The van der Waals surface area contributed by atoms with Crippen LogP contribution < -0.4 is 15.4 Å². The summed E-state index contributed by atoms with van der Waals surface area (Å²) >= 11 is 0. The van der Waals surface area contributed by atoms with E-state index in [-0.39, 0.29) is 19.2 Å². The van der Waals surface area contributed by atoms with Crippen LogP contribution in [0.15, 0.2) is 42.5 Å². The van der Waals surface area contributed by atoms with Crippen molar-refractivity contribution in [1.29, 1.82) is 0 Å². The summed E-state index contributed by atoms with van der Waals surface area (Å²) in [6, 6.07) is 7.24. The second-order valence-corrected chi connectivity index (χ2v) is 6.19. The summed E-state index contributed by atoms with van der Waals surface area (Å²) in [6.45, 7) is 2.31. The highest BCUT2D eigenvalue weighted by Gasteiger charge is 2.37. The molecule has 2 N–H and O–H groups in total. The van der Waals surface area contributed by atoms with E-state index in [1.165, 1.54) is 0 Å².